The predicted molar refractivity (Wildman–Crippen MR) is 40.8 cm³/mol. The SMILES string of the molecule is [N-]=[N+]=NCCCCNC(N)=O. The molecular formula is C5H11N5O. The first kappa shape index (κ1) is 9.58. The minimum Gasteiger partial charge on any atom is -0.352 e. The standard InChI is InChI=1S/C5H11N5O/c6-5(11)8-3-1-2-4-9-10-7/h1-4H2,(H3,6,8,11). The van der Waals surface area contributed by atoms with Gasteiger partial charge in [0.25, 0.3) is 0 Å². The summed E-state index contributed by atoms with van der Waals surface area (Å²) in [4.78, 5) is 12.7. The molecule has 0 heterocycles. The van der Waals surface area contributed by atoms with Crippen LogP contribution in [0.25, 0.3) is 10.4 Å². The van der Waals surface area contributed by atoms with Crippen molar-refractivity contribution in [1.29, 1.82) is 0 Å². The summed E-state index contributed by atoms with van der Waals surface area (Å²) in [5, 5.41) is 5.75. The van der Waals surface area contributed by atoms with E-state index in [1.54, 1.807) is 0 Å². The summed E-state index contributed by atoms with van der Waals surface area (Å²) < 4.78 is 0. The zero-order chi connectivity index (χ0) is 8.53. The highest BCUT2D eigenvalue weighted by atomic mass is 16.2. The van der Waals surface area contributed by atoms with E-state index < -0.39 is 6.03 Å². The van der Waals surface area contributed by atoms with Crippen LogP contribution in [0.3, 0.4) is 0 Å². The molecule has 0 aliphatic carbocycles. The molecule has 0 saturated heterocycles. The Kier molecular flexibility index (Phi) is 5.83. The lowest BCUT2D eigenvalue weighted by Crippen LogP contribution is -2.30. The molecule has 0 spiro atoms. The van der Waals surface area contributed by atoms with Crippen LogP contribution in [-0.4, -0.2) is 19.1 Å². The van der Waals surface area contributed by atoms with Gasteiger partial charge in [0.15, 0.2) is 0 Å². The van der Waals surface area contributed by atoms with Crippen LogP contribution in [-0.2, 0) is 0 Å². The molecule has 6 heteroatoms. The van der Waals surface area contributed by atoms with Gasteiger partial charge in [-0.15, -0.1) is 0 Å². The first-order valence-electron chi connectivity index (χ1n) is 3.31. The second kappa shape index (κ2) is 6.70. The van der Waals surface area contributed by atoms with Crippen molar-refractivity contribution in [3.8, 4) is 0 Å². The molecule has 2 amide bonds. The lowest BCUT2D eigenvalue weighted by atomic mass is 10.3. The molecule has 0 radical (unpaired) electrons. The Balaban J connectivity index is 3.02. The maximum absolute atomic E-state index is 10.1. The average Bonchev–Trinajstić information content (AvgIpc) is 1.96. The second-order valence-corrected chi connectivity index (χ2v) is 1.95. The highest BCUT2D eigenvalue weighted by molar-refractivity contribution is 5.71. The number of carbonyl (C=O) groups excluding carboxylic acids is 1. The molecule has 0 bridgehead atoms. The first-order chi connectivity index (χ1) is 5.27. The van der Waals surface area contributed by atoms with Gasteiger partial charge in [-0.05, 0) is 18.4 Å². The van der Waals surface area contributed by atoms with E-state index in [9.17, 15) is 4.79 Å². The van der Waals surface area contributed by atoms with Crippen LogP contribution in [0.2, 0.25) is 0 Å². The van der Waals surface area contributed by atoms with Crippen LogP contribution in [0.15, 0.2) is 5.11 Å². The van der Waals surface area contributed by atoms with E-state index in [0.717, 1.165) is 12.8 Å². The molecule has 6 nitrogen and oxygen atoms in total. The van der Waals surface area contributed by atoms with Crippen molar-refractivity contribution in [3.05, 3.63) is 10.4 Å². The molecular weight excluding hydrogens is 146 g/mol. The minimum absolute atomic E-state index is 0.469. The van der Waals surface area contributed by atoms with Gasteiger partial charge in [-0.2, -0.15) is 0 Å². The molecule has 0 aromatic rings. The van der Waals surface area contributed by atoms with Gasteiger partial charge in [0.1, 0.15) is 0 Å². The molecule has 0 aromatic heterocycles. The lowest BCUT2D eigenvalue weighted by Gasteiger charge is -1.98. The number of hydrogen-bond acceptors (Lipinski definition) is 2. The maximum Gasteiger partial charge on any atom is 0.312 e. The van der Waals surface area contributed by atoms with Crippen molar-refractivity contribution < 1.29 is 4.79 Å². The van der Waals surface area contributed by atoms with Gasteiger partial charge in [0.2, 0.25) is 0 Å². The number of rotatable bonds is 5. The van der Waals surface area contributed by atoms with Crippen molar-refractivity contribution in [3.63, 3.8) is 0 Å². The summed E-state index contributed by atoms with van der Waals surface area (Å²) in [6.07, 6.45) is 1.55. The Morgan fingerprint density at radius 3 is 2.91 bits per heavy atom. The van der Waals surface area contributed by atoms with Crippen LogP contribution >= 0.6 is 0 Å². The van der Waals surface area contributed by atoms with Crippen LogP contribution in [0.5, 0.6) is 0 Å². The van der Waals surface area contributed by atoms with E-state index in [1.807, 2.05) is 0 Å². The summed E-state index contributed by atoms with van der Waals surface area (Å²) in [5.74, 6) is 0. The Morgan fingerprint density at radius 1 is 1.64 bits per heavy atom. The molecule has 0 fully saturated rings. The number of urea groups is 1. The van der Waals surface area contributed by atoms with Crippen LogP contribution in [0.4, 0.5) is 4.79 Å². The molecule has 0 saturated carbocycles. The number of azide groups is 1. The van der Waals surface area contributed by atoms with E-state index in [0.29, 0.717) is 13.1 Å². The normalized spacial score (nSPS) is 8.36. The van der Waals surface area contributed by atoms with Crippen LogP contribution in [0.1, 0.15) is 12.8 Å². The maximum atomic E-state index is 10.1. The van der Waals surface area contributed by atoms with Crippen LogP contribution < -0.4 is 11.1 Å². The number of amides is 2. The summed E-state index contributed by atoms with van der Waals surface area (Å²) in [7, 11) is 0. The monoisotopic (exact) mass is 157 g/mol. The third-order valence-electron chi connectivity index (χ3n) is 1.05. The molecule has 0 atom stereocenters. The molecule has 0 aliphatic rings. The number of hydrogen-bond donors (Lipinski definition) is 2. The third kappa shape index (κ3) is 8.58. The molecule has 62 valence electrons. The van der Waals surface area contributed by atoms with Gasteiger partial charge in [-0.25, -0.2) is 4.79 Å². The quantitative estimate of drug-likeness (QED) is 0.261. The van der Waals surface area contributed by atoms with Crippen molar-refractivity contribution in [2.24, 2.45) is 10.8 Å². The number of primary amides is 1. The van der Waals surface area contributed by atoms with Crippen molar-refractivity contribution in [1.82, 2.24) is 5.32 Å². The highest BCUT2D eigenvalue weighted by Crippen LogP contribution is 1.87. The summed E-state index contributed by atoms with van der Waals surface area (Å²) in [6, 6.07) is -0.520. The fourth-order valence-electron chi connectivity index (χ4n) is 0.564. The fourth-order valence-corrected chi connectivity index (χ4v) is 0.564. The predicted octanol–water partition coefficient (Wildman–Crippen LogP) is 0.745. The molecule has 11 heavy (non-hydrogen) atoms. The van der Waals surface area contributed by atoms with E-state index in [-0.39, 0.29) is 0 Å². The van der Waals surface area contributed by atoms with Crippen molar-refractivity contribution in [2.45, 2.75) is 12.8 Å². The molecule has 0 rings (SSSR count). The first-order valence-corrected chi connectivity index (χ1v) is 3.31. The minimum atomic E-state index is -0.520. The summed E-state index contributed by atoms with van der Waals surface area (Å²) in [5.41, 5.74) is 12.7. The van der Waals surface area contributed by atoms with E-state index in [2.05, 4.69) is 15.3 Å². The number of nitrogens with zero attached hydrogens (tertiary/aromatic N) is 3. The van der Waals surface area contributed by atoms with Crippen molar-refractivity contribution >= 4 is 6.03 Å². The summed E-state index contributed by atoms with van der Waals surface area (Å²) >= 11 is 0. The fraction of sp³-hybridized carbons (Fsp3) is 0.800. The van der Waals surface area contributed by atoms with Crippen LogP contribution in [0, 0.1) is 0 Å². The lowest BCUT2D eigenvalue weighted by molar-refractivity contribution is 0.249. The van der Waals surface area contributed by atoms with Gasteiger partial charge in [0.05, 0.1) is 0 Å². The van der Waals surface area contributed by atoms with Gasteiger partial charge in [0, 0.05) is 18.0 Å². The number of unbranched alkanes of at least 4 members (excludes halogenated alkanes) is 1. The van der Waals surface area contributed by atoms with E-state index in [1.165, 1.54) is 0 Å². The third-order valence-corrected chi connectivity index (χ3v) is 1.05. The Hall–Kier alpha value is -1.42. The second-order valence-electron chi connectivity index (χ2n) is 1.95. The highest BCUT2D eigenvalue weighted by Gasteiger charge is 1.89. The topological polar surface area (TPSA) is 104 Å². The van der Waals surface area contributed by atoms with Gasteiger partial charge >= 0.3 is 6.03 Å². The van der Waals surface area contributed by atoms with Gasteiger partial charge in [-0.1, -0.05) is 5.11 Å². The zero-order valence-electron chi connectivity index (χ0n) is 6.16. The molecule has 0 aromatic carbocycles. The Bertz CT molecular complexity index is 158. The average molecular weight is 157 g/mol. The van der Waals surface area contributed by atoms with E-state index >= 15 is 0 Å². The summed E-state index contributed by atoms with van der Waals surface area (Å²) in [6.45, 7) is 1.01. The molecule has 0 aliphatic heterocycles. The Morgan fingerprint density at radius 2 is 2.36 bits per heavy atom. The van der Waals surface area contributed by atoms with Crippen molar-refractivity contribution in [2.75, 3.05) is 13.1 Å². The number of nitrogens with one attached hydrogen (secondary N) is 1. The number of carbonyl (C=O) groups is 1. The smallest absolute Gasteiger partial charge is 0.312 e. The largest absolute Gasteiger partial charge is 0.352 e. The van der Waals surface area contributed by atoms with E-state index in [4.69, 9.17) is 11.3 Å². The zero-order valence-corrected chi connectivity index (χ0v) is 6.16. The molecule has 0 unspecified atom stereocenters. The number of nitrogens with two attached hydrogens (primary N) is 1. The molecule has 3 N–H and O–H groups in total. The van der Waals surface area contributed by atoms with Gasteiger partial charge < -0.3 is 11.1 Å². The Labute approximate surface area is 64.4 Å². The van der Waals surface area contributed by atoms with Gasteiger partial charge in [-0.3, -0.25) is 0 Å².